The van der Waals surface area contributed by atoms with Gasteiger partial charge in [-0.25, -0.2) is 4.79 Å². The van der Waals surface area contributed by atoms with E-state index < -0.39 is 16.9 Å². The largest absolute Gasteiger partial charge is 0.514 e. The number of ether oxygens (including phenoxy) is 4. The lowest BCUT2D eigenvalue weighted by atomic mass is 9.81. The highest BCUT2D eigenvalue weighted by molar-refractivity contribution is 8.00. The first-order chi connectivity index (χ1) is 24.8. The van der Waals surface area contributed by atoms with E-state index in [1.807, 2.05) is 18.2 Å². The molecule has 0 unspecified atom stereocenters. The molecule has 0 saturated heterocycles. The molecule has 0 spiro atoms. The molecule has 9 heteroatoms. The predicted molar refractivity (Wildman–Crippen MR) is 205 cm³/mol. The van der Waals surface area contributed by atoms with E-state index in [-0.39, 0.29) is 24.5 Å². The Kier molecular flexibility index (Phi) is 17.1. The summed E-state index contributed by atoms with van der Waals surface area (Å²) in [7, 11) is 2.92. The summed E-state index contributed by atoms with van der Waals surface area (Å²) in [5.74, 6) is 0.737. The molecule has 0 radical (unpaired) electrons. The lowest BCUT2D eigenvalue weighted by Gasteiger charge is -2.37. The molecule has 0 heterocycles. The molecular weight excluding hydrogens is 663 g/mol. The van der Waals surface area contributed by atoms with Gasteiger partial charge in [0, 0.05) is 5.75 Å². The minimum Gasteiger partial charge on any atom is -0.493 e. The fourth-order valence-electron chi connectivity index (χ4n) is 5.18. The first-order valence-electron chi connectivity index (χ1n) is 16.5. The summed E-state index contributed by atoms with van der Waals surface area (Å²) in [4.78, 5) is 30.2. The maximum atomic E-state index is 13.3. The molecule has 0 atom stereocenters. The van der Waals surface area contributed by atoms with Crippen LogP contribution < -0.4 is 15.0 Å². The van der Waals surface area contributed by atoms with Crippen molar-refractivity contribution in [1.82, 2.24) is 5.48 Å². The molecule has 0 aliphatic rings. The van der Waals surface area contributed by atoms with Crippen molar-refractivity contribution in [2.75, 3.05) is 20.0 Å². The topological polar surface area (TPSA) is 92.3 Å². The molecule has 0 bridgehead atoms. The van der Waals surface area contributed by atoms with Crippen molar-refractivity contribution >= 4 is 23.9 Å². The Labute approximate surface area is 306 Å². The molecule has 0 aliphatic carbocycles. The van der Waals surface area contributed by atoms with Crippen molar-refractivity contribution in [2.24, 2.45) is 0 Å². The molecule has 51 heavy (non-hydrogen) atoms. The van der Waals surface area contributed by atoms with E-state index in [2.05, 4.69) is 98.9 Å². The van der Waals surface area contributed by atoms with Crippen LogP contribution in [0.4, 0.5) is 4.79 Å². The fraction of sp³-hybridized carbons (Fsp3) is 0.238. The van der Waals surface area contributed by atoms with Crippen LogP contribution >= 0.6 is 11.8 Å². The Balaban J connectivity index is 1.72. The van der Waals surface area contributed by atoms with Crippen molar-refractivity contribution < 1.29 is 33.4 Å². The molecule has 1 N–H and O–H groups in total. The average molecular weight is 710 g/mol. The summed E-state index contributed by atoms with van der Waals surface area (Å²) in [5, 5.41) is 0. The molecular formula is C42H47NO7S. The van der Waals surface area contributed by atoms with Crippen LogP contribution in [0.25, 0.3) is 0 Å². The number of hydrogen-bond donors (Lipinski definition) is 1. The van der Waals surface area contributed by atoms with Gasteiger partial charge < -0.3 is 18.9 Å². The molecule has 0 aliphatic heterocycles. The summed E-state index contributed by atoms with van der Waals surface area (Å²) in [6.07, 6.45) is 13.1. The Morgan fingerprint density at radius 3 is 2.20 bits per heavy atom. The van der Waals surface area contributed by atoms with Crippen LogP contribution in [-0.4, -0.2) is 32.1 Å². The summed E-state index contributed by atoms with van der Waals surface area (Å²) in [6.45, 7) is 13.2. The molecule has 0 fully saturated rings. The highest BCUT2D eigenvalue weighted by atomic mass is 32.2. The molecule has 0 aromatic heterocycles. The van der Waals surface area contributed by atoms with Crippen molar-refractivity contribution in [3.63, 3.8) is 0 Å². The molecule has 3 rings (SSSR count). The fourth-order valence-corrected chi connectivity index (χ4v) is 6.71. The maximum absolute atomic E-state index is 13.3. The molecule has 268 valence electrons. The number of rotatable bonds is 21. The van der Waals surface area contributed by atoms with E-state index in [0.717, 1.165) is 30.4 Å². The standard InChI is InChI=1S/C42H47NO7S/c1-7-9-10-13-19-35(18-8-2)42(36-20-14-11-15-21-36,37-22-16-12-17-23-37)51-29-28-40(44)50-38-27-26-34(30-39(38)46-5)31-48-41(45)49-33(4)25-24-32(3)43-47-6/h7,10-18,20-27,30,43H,1,3-4,8-9,19,28-29,31H2,2,5-6H3/b13-10-,25-24-,35-18+. The second kappa shape index (κ2) is 21.8. The normalized spacial score (nSPS) is 11.6. The van der Waals surface area contributed by atoms with Gasteiger partial charge in [0.2, 0.25) is 0 Å². The summed E-state index contributed by atoms with van der Waals surface area (Å²) in [6, 6.07) is 25.8. The van der Waals surface area contributed by atoms with E-state index >= 15 is 0 Å². The Bertz CT molecular complexity index is 1660. The number of thioether (sulfide) groups is 1. The number of carbonyl (C=O) groups is 2. The van der Waals surface area contributed by atoms with Gasteiger partial charge in [-0.3, -0.25) is 15.1 Å². The summed E-state index contributed by atoms with van der Waals surface area (Å²) < 4.78 is 21.0. The Hall–Kier alpha value is -5.25. The van der Waals surface area contributed by atoms with E-state index in [0.29, 0.717) is 22.8 Å². The molecule has 8 nitrogen and oxygen atoms in total. The van der Waals surface area contributed by atoms with Gasteiger partial charge in [0.15, 0.2) is 11.5 Å². The first kappa shape index (κ1) is 40.2. The van der Waals surface area contributed by atoms with Crippen molar-refractivity contribution in [3.05, 3.63) is 169 Å². The minimum absolute atomic E-state index is 0.0554. The third-order valence-corrected chi connectivity index (χ3v) is 9.00. The summed E-state index contributed by atoms with van der Waals surface area (Å²) in [5.41, 5.74) is 7.10. The number of allylic oxidation sites excluding steroid dienone is 6. The Morgan fingerprint density at radius 2 is 1.59 bits per heavy atom. The molecule has 0 amide bonds. The lowest BCUT2D eigenvalue weighted by Crippen LogP contribution is -2.28. The quantitative estimate of drug-likeness (QED) is 0.0290. The van der Waals surface area contributed by atoms with Crippen molar-refractivity contribution in [2.45, 2.75) is 44.0 Å². The van der Waals surface area contributed by atoms with Crippen LogP contribution in [-0.2, 0) is 30.5 Å². The number of benzene rings is 3. The van der Waals surface area contributed by atoms with Gasteiger partial charge in [-0.2, -0.15) is 0 Å². The second-order valence-electron chi connectivity index (χ2n) is 11.1. The first-order valence-corrected chi connectivity index (χ1v) is 17.5. The van der Waals surface area contributed by atoms with E-state index in [4.69, 9.17) is 23.8 Å². The number of hydroxylamine groups is 1. The van der Waals surface area contributed by atoms with Gasteiger partial charge in [0.05, 0.1) is 31.1 Å². The van der Waals surface area contributed by atoms with Gasteiger partial charge >= 0.3 is 12.1 Å². The highest BCUT2D eigenvalue weighted by Gasteiger charge is 2.38. The third kappa shape index (κ3) is 12.5. The molecule has 0 saturated carbocycles. The van der Waals surface area contributed by atoms with Crippen LogP contribution in [0.2, 0.25) is 0 Å². The van der Waals surface area contributed by atoms with Crippen molar-refractivity contribution in [3.8, 4) is 11.5 Å². The zero-order chi connectivity index (χ0) is 36.9. The van der Waals surface area contributed by atoms with Gasteiger partial charge in [0.25, 0.3) is 0 Å². The summed E-state index contributed by atoms with van der Waals surface area (Å²) >= 11 is 1.72. The average Bonchev–Trinajstić information content (AvgIpc) is 3.14. The van der Waals surface area contributed by atoms with Gasteiger partial charge in [-0.15, -0.1) is 18.3 Å². The molecule has 3 aromatic rings. The number of nitrogens with one attached hydrogen (secondary N) is 1. The number of esters is 1. The van der Waals surface area contributed by atoms with E-state index in [1.54, 1.807) is 30.0 Å². The second-order valence-corrected chi connectivity index (χ2v) is 12.4. The number of carbonyl (C=O) groups excluding carboxylic acids is 2. The number of hydrogen-bond acceptors (Lipinski definition) is 9. The van der Waals surface area contributed by atoms with E-state index in [9.17, 15) is 9.59 Å². The highest BCUT2D eigenvalue weighted by Crippen LogP contribution is 2.50. The smallest absolute Gasteiger partial charge is 0.493 e. The monoisotopic (exact) mass is 709 g/mol. The van der Waals surface area contributed by atoms with E-state index in [1.165, 1.54) is 31.9 Å². The SMILES string of the molecule is C=CC/C=C\C/C(=C\CC)C(SCCC(=O)Oc1ccc(COC(=O)OC(=C)/C=C\C(=C)NOC)cc1OC)(c1ccccc1)c1ccccc1. The van der Waals surface area contributed by atoms with Gasteiger partial charge in [-0.1, -0.05) is 111 Å². The van der Waals surface area contributed by atoms with Gasteiger partial charge in [0.1, 0.15) is 12.4 Å². The Morgan fingerprint density at radius 1 is 0.902 bits per heavy atom. The minimum atomic E-state index is -0.936. The zero-order valence-corrected chi connectivity index (χ0v) is 30.4. The van der Waals surface area contributed by atoms with Crippen LogP contribution in [0, 0.1) is 0 Å². The number of methoxy groups -OCH3 is 1. The maximum Gasteiger partial charge on any atom is 0.514 e. The zero-order valence-electron chi connectivity index (χ0n) is 29.6. The van der Waals surface area contributed by atoms with Gasteiger partial charge in [-0.05, 0) is 65.8 Å². The predicted octanol–water partition coefficient (Wildman–Crippen LogP) is 9.91. The third-order valence-electron chi connectivity index (χ3n) is 7.42. The van der Waals surface area contributed by atoms with Crippen LogP contribution in [0.15, 0.2) is 152 Å². The lowest BCUT2D eigenvalue weighted by molar-refractivity contribution is -0.134. The van der Waals surface area contributed by atoms with Crippen LogP contribution in [0.5, 0.6) is 11.5 Å². The molecule has 3 aromatic carbocycles. The van der Waals surface area contributed by atoms with Crippen molar-refractivity contribution in [1.29, 1.82) is 0 Å². The van der Waals surface area contributed by atoms with Crippen LogP contribution in [0.1, 0.15) is 49.3 Å². The van der Waals surface area contributed by atoms with Crippen LogP contribution in [0.3, 0.4) is 0 Å².